The average molecular weight is 382 g/mol. The molecule has 0 spiro atoms. The molecule has 0 amide bonds. The molecule has 0 aliphatic heterocycles. The average Bonchev–Trinajstić information content (AvgIpc) is 3.19. The molecule has 0 radical (unpaired) electrons. The van der Waals surface area contributed by atoms with E-state index in [0.29, 0.717) is 16.7 Å². The van der Waals surface area contributed by atoms with Gasteiger partial charge < -0.3 is 4.42 Å². The van der Waals surface area contributed by atoms with Crippen molar-refractivity contribution in [1.29, 1.82) is 0 Å². The first-order chi connectivity index (χ1) is 13.4. The Morgan fingerprint density at radius 3 is 2.54 bits per heavy atom. The van der Waals surface area contributed by atoms with Crippen LogP contribution in [0.15, 0.2) is 76.1 Å². The van der Waals surface area contributed by atoms with Gasteiger partial charge in [0.25, 0.3) is 5.56 Å². The van der Waals surface area contributed by atoms with Crippen LogP contribution in [0.25, 0.3) is 28.7 Å². The summed E-state index contributed by atoms with van der Waals surface area (Å²) in [6, 6.07) is 14.7. The zero-order valence-electron chi connectivity index (χ0n) is 14.4. The quantitative estimate of drug-likeness (QED) is 0.491. The standard InChI is InChI=1S/C21H13F3N2O2/c22-21(23,24)14-5-3-6-15(13-14)26-19(11-10-16-7-4-12-28-16)25-18-9-2-1-8-17(18)20(26)27/h1-13H/b11-10+. The molecule has 0 saturated carbocycles. The summed E-state index contributed by atoms with van der Waals surface area (Å²) in [4.78, 5) is 17.5. The summed E-state index contributed by atoms with van der Waals surface area (Å²) in [5, 5.41) is 0.315. The van der Waals surface area contributed by atoms with E-state index in [2.05, 4.69) is 4.98 Å². The van der Waals surface area contributed by atoms with Crippen LogP contribution in [0.3, 0.4) is 0 Å². The summed E-state index contributed by atoms with van der Waals surface area (Å²) >= 11 is 0. The number of alkyl halides is 3. The highest BCUT2D eigenvalue weighted by Crippen LogP contribution is 2.30. The van der Waals surface area contributed by atoms with E-state index in [1.807, 2.05) is 0 Å². The second kappa shape index (κ2) is 6.84. The highest BCUT2D eigenvalue weighted by molar-refractivity contribution is 5.79. The minimum absolute atomic E-state index is 0.0807. The Balaban J connectivity index is 1.97. The largest absolute Gasteiger partial charge is 0.465 e. The molecule has 4 rings (SSSR count). The summed E-state index contributed by atoms with van der Waals surface area (Å²) < 4.78 is 45.8. The molecule has 0 fully saturated rings. The fraction of sp³-hybridized carbons (Fsp3) is 0.0476. The van der Waals surface area contributed by atoms with Gasteiger partial charge >= 0.3 is 6.18 Å². The molecule has 2 aromatic carbocycles. The van der Waals surface area contributed by atoms with Gasteiger partial charge in [0.15, 0.2) is 0 Å². The Bertz CT molecular complexity index is 1220. The van der Waals surface area contributed by atoms with Gasteiger partial charge in [-0.15, -0.1) is 0 Å². The third kappa shape index (κ3) is 3.34. The number of hydrogen-bond acceptors (Lipinski definition) is 3. The van der Waals surface area contributed by atoms with Gasteiger partial charge in [-0.25, -0.2) is 4.98 Å². The van der Waals surface area contributed by atoms with Crippen molar-refractivity contribution in [1.82, 2.24) is 9.55 Å². The molecule has 2 aromatic heterocycles. The summed E-state index contributed by atoms with van der Waals surface area (Å²) in [6.45, 7) is 0. The van der Waals surface area contributed by atoms with Crippen LogP contribution in [0.1, 0.15) is 17.1 Å². The van der Waals surface area contributed by atoms with E-state index < -0.39 is 17.3 Å². The molecule has 140 valence electrons. The molecule has 0 bridgehead atoms. The van der Waals surface area contributed by atoms with E-state index in [0.717, 1.165) is 16.7 Å². The Kier molecular flexibility index (Phi) is 4.35. The number of para-hydroxylation sites is 1. The Morgan fingerprint density at radius 1 is 0.964 bits per heavy atom. The van der Waals surface area contributed by atoms with E-state index in [1.54, 1.807) is 42.5 Å². The smallest absolute Gasteiger partial charge is 0.416 e. The number of rotatable bonds is 3. The molecule has 0 saturated heterocycles. The number of nitrogens with zero attached hydrogens (tertiary/aromatic N) is 2. The predicted molar refractivity (Wildman–Crippen MR) is 100.0 cm³/mol. The number of halogens is 3. The highest BCUT2D eigenvalue weighted by atomic mass is 19.4. The van der Waals surface area contributed by atoms with Gasteiger partial charge in [0, 0.05) is 0 Å². The maximum Gasteiger partial charge on any atom is 0.416 e. The van der Waals surface area contributed by atoms with E-state index in [-0.39, 0.29) is 11.5 Å². The van der Waals surface area contributed by atoms with Crippen molar-refractivity contribution < 1.29 is 17.6 Å². The Labute approximate surface area is 157 Å². The lowest BCUT2D eigenvalue weighted by Gasteiger charge is -2.13. The maximum atomic E-state index is 13.1. The van der Waals surface area contributed by atoms with Crippen molar-refractivity contribution in [3.8, 4) is 5.69 Å². The molecule has 0 atom stereocenters. The van der Waals surface area contributed by atoms with Crippen LogP contribution in [0.5, 0.6) is 0 Å². The minimum atomic E-state index is -4.52. The molecule has 0 N–H and O–H groups in total. The molecule has 2 heterocycles. The van der Waals surface area contributed by atoms with E-state index in [4.69, 9.17) is 4.42 Å². The summed E-state index contributed by atoms with van der Waals surface area (Å²) in [5.74, 6) is 0.720. The van der Waals surface area contributed by atoms with Gasteiger partial charge in [0.1, 0.15) is 11.6 Å². The van der Waals surface area contributed by atoms with Crippen molar-refractivity contribution in [2.45, 2.75) is 6.18 Å². The van der Waals surface area contributed by atoms with Gasteiger partial charge in [0.05, 0.1) is 28.4 Å². The fourth-order valence-corrected chi connectivity index (χ4v) is 2.88. The molecule has 28 heavy (non-hydrogen) atoms. The van der Waals surface area contributed by atoms with Crippen LogP contribution in [-0.4, -0.2) is 9.55 Å². The number of aromatic nitrogens is 2. The minimum Gasteiger partial charge on any atom is -0.465 e. The predicted octanol–water partition coefficient (Wildman–Crippen LogP) is 5.17. The number of benzene rings is 2. The van der Waals surface area contributed by atoms with Gasteiger partial charge in [-0.2, -0.15) is 13.2 Å². The van der Waals surface area contributed by atoms with E-state index in [9.17, 15) is 18.0 Å². The van der Waals surface area contributed by atoms with Crippen LogP contribution in [0.4, 0.5) is 13.2 Å². The lowest BCUT2D eigenvalue weighted by atomic mass is 10.1. The molecule has 0 unspecified atom stereocenters. The molecular weight excluding hydrogens is 369 g/mol. The second-order valence-corrected chi connectivity index (χ2v) is 6.02. The lowest BCUT2D eigenvalue weighted by Crippen LogP contribution is -2.22. The van der Waals surface area contributed by atoms with Crippen LogP contribution in [0.2, 0.25) is 0 Å². The van der Waals surface area contributed by atoms with Crippen molar-refractivity contribution in [3.05, 3.63) is 94.4 Å². The van der Waals surface area contributed by atoms with Crippen LogP contribution in [-0.2, 0) is 6.18 Å². The van der Waals surface area contributed by atoms with Crippen molar-refractivity contribution in [2.24, 2.45) is 0 Å². The van der Waals surface area contributed by atoms with Gasteiger partial charge in [-0.1, -0.05) is 18.2 Å². The number of hydrogen-bond donors (Lipinski definition) is 0. The molecule has 0 aliphatic carbocycles. The van der Waals surface area contributed by atoms with Gasteiger partial charge in [-0.3, -0.25) is 9.36 Å². The maximum absolute atomic E-state index is 13.1. The molecular formula is C21H13F3N2O2. The highest BCUT2D eigenvalue weighted by Gasteiger charge is 2.30. The third-order valence-electron chi connectivity index (χ3n) is 4.17. The topological polar surface area (TPSA) is 48.0 Å². The van der Waals surface area contributed by atoms with Crippen LogP contribution >= 0.6 is 0 Å². The monoisotopic (exact) mass is 382 g/mol. The summed E-state index contributed by atoms with van der Waals surface area (Å²) in [6.07, 6.45) is 0.106. The van der Waals surface area contributed by atoms with Crippen LogP contribution < -0.4 is 5.56 Å². The molecule has 0 aliphatic rings. The fourth-order valence-electron chi connectivity index (χ4n) is 2.88. The zero-order valence-corrected chi connectivity index (χ0v) is 14.4. The summed E-state index contributed by atoms with van der Waals surface area (Å²) in [5.41, 5.74) is -0.762. The molecule has 7 heteroatoms. The number of fused-ring (bicyclic) bond motifs is 1. The first-order valence-electron chi connectivity index (χ1n) is 8.34. The van der Waals surface area contributed by atoms with Crippen molar-refractivity contribution >= 4 is 23.1 Å². The number of furan rings is 1. The first kappa shape index (κ1) is 17.8. The van der Waals surface area contributed by atoms with Crippen LogP contribution in [0, 0.1) is 0 Å². The second-order valence-electron chi connectivity index (χ2n) is 6.02. The zero-order chi connectivity index (χ0) is 19.7. The van der Waals surface area contributed by atoms with E-state index in [1.165, 1.54) is 24.5 Å². The van der Waals surface area contributed by atoms with Crippen molar-refractivity contribution in [3.63, 3.8) is 0 Å². The molecule has 4 aromatic rings. The van der Waals surface area contributed by atoms with E-state index >= 15 is 0 Å². The lowest BCUT2D eigenvalue weighted by molar-refractivity contribution is -0.137. The first-order valence-corrected chi connectivity index (χ1v) is 8.34. The third-order valence-corrected chi connectivity index (χ3v) is 4.17. The van der Waals surface area contributed by atoms with Crippen molar-refractivity contribution in [2.75, 3.05) is 0 Å². The van der Waals surface area contributed by atoms with Gasteiger partial charge in [-0.05, 0) is 54.6 Å². The normalized spacial score (nSPS) is 12.1. The Morgan fingerprint density at radius 2 is 1.79 bits per heavy atom. The SMILES string of the molecule is O=c1c2ccccc2nc(/C=C/c2ccco2)n1-c1cccc(C(F)(F)F)c1. The summed E-state index contributed by atoms with van der Waals surface area (Å²) in [7, 11) is 0. The Hall–Kier alpha value is -3.61. The van der Waals surface area contributed by atoms with Gasteiger partial charge in [0.2, 0.25) is 0 Å². The molecule has 4 nitrogen and oxygen atoms in total.